The molecule has 1 aliphatic heterocycles. The third-order valence-electron chi connectivity index (χ3n) is 3.71. The van der Waals surface area contributed by atoms with E-state index in [4.69, 9.17) is 16.3 Å². The van der Waals surface area contributed by atoms with E-state index in [-0.39, 0.29) is 12.1 Å². The molecule has 0 amide bonds. The van der Waals surface area contributed by atoms with Crippen LogP contribution in [-0.4, -0.2) is 12.6 Å². The lowest BCUT2D eigenvalue weighted by Gasteiger charge is -2.18. The van der Waals surface area contributed by atoms with Crippen molar-refractivity contribution in [3.63, 3.8) is 0 Å². The molecule has 1 heterocycles. The molecule has 0 radical (unpaired) electrons. The Morgan fingerprint density at radius 2 is 2.10 bits per heavy atom. The molecule has 2 atom stereocenters. The van der Waals surface area contributed by atoms with Crippen LogP contribution in [0.4, 0.5) is 0 Å². The molecule has 20 heavy (non-hydrogen) atoms. The van der Waals surface area contributed by atoms with Crippen molar-refractivity contribution in [1.82, 2.24) is 5.32 Å². The quantitative estimate of drug-likeness (QED) is 0.918. The number of para-hydroxylation sites is 1. The van der Waals surface area contributed by atoms with Gasteiger partial charge in [0.15, 0.2) is 0 Å². The van der Waals surface area contributed by atoms with E-state index < -0.39 is 0 Å². The summed E-state index contributed by atoms with van der Waals surface area (Å²) in [7, 11) is 0. The van der Waals surface area contributed by atoms with Crippen LogP contribution >= 0.6 is 11.6 Å². The predicted octanol–water partition coefficient (Wildman–Crippen LogP) is 3.99. The van der Waals surface area contributed by atoms with Gasteiger partial charge in [0.1, 0.15) is 11.9 Å². The molecule has 0 spiro atoms. The second kappa shape index (κ2) is 5.86. The van der Waals surface area contributed by atoms with Gasteiger partial charge < -0.3 is 10.1 Å². The summed E-state index contributed by atoms with van der Waals surface area (Å²) in [5.41, 5.74) is 2.50. The topological polar surface area (TPSA) is 21.3 Å². The first kappa shape index (κ1) is 13.5. The van der Waals surface area contributed by atoms with Gasteiger partial charge in [-0.3, -0.25) is 0 Å². The number of nitrogens with one attached hydrogen (secondary N) is 1. The van der Waals surface area contributed by atoms with Gasteiger partial charge in [0.05, 0.1) is 0 Å². The van der Waals surface area contributed by atoms with Gasteiger partial charge >= 0.3 is 0 Å². The monoisotopic (exact) mass is 287 g/mol. The molecule has 2 nitrogen and oxygen atoms in total. The first-order valence-corrected chi connectivity index (χ1v) is 7.33. The van der Waals surface area contributed by atoms with Gasteiger partial charge in [0.2, 0.25) is 0 Å². The Bertz CT molecular complexity index is 574. The lowest BCUT2D eigenvalue weighted by molar-refractivity contribution is 0.222. The standard InChI is InChI=1S/C17H18ClNO/c1-12(13-6-4-7-15(18)9-13)19-11-16-10-14-5-2-3-8-17(14)20-16/h2-9,12,16,19H,10-11H2,1H3. The number of halogens is 1. The van der Waals surface area contributed by atoms with Crippen molar-refractivity contribution in [3.8, 4) is 5.75 Å². The maximum Gasteiger partial charge on any atom is 0.123 e. The molecule has 1 aliphatic rings. The van der Waals surface area contributed by atoms with Crippen molar-refractivity contribution < 1.29 is 4.74 Å². The van der Waals surface area contributed by atoms with Crippen LogP contribution < -0.4 is 10.1 Å². The summed E-state index contributed by atoms with van der Waals surface area (Å²) in [4.78, 5) is 0. The second-order valence-electron chi connectivity index (χ2n) is 5.24. The first-order chi connectivity index (χ1) is 9.72. The zero-order valence-electron chi connectivity index (χ0n) is 11.5. The minimum Gasteiger partial charge on any atom is -0.488 e. The maximum absolute atomic E-state index is 6.02. The molecule has 0 aliphatic carbocycles. The fraction of sp³-hybridized carbons (Fsp3) is 0.294. The maximum atomic E-state index is 6.02. The van der Waals surface area contributed by atoms with E-state index in [0.717, 1.165) is 23.7 Å². The van der Waals surface area contributed by atoms with Crippen LogP contribution in [0.3, 0.4) is 0 Å². The van der Waals surface area contributed by atoms with Crippen LogP contribution in [0.25, 0.3) is 0 Å². The Balaban J connectivity index is 1.56. The zero-order valence-corrected chi connectivity index (χ0v) is 12.2. The number of hydrogen-bond donors (Lipinski definition) is 1. The van der Waals surface area contributed by atoms with E-state index >= 15 is 0 Å². The Labute approximate surface area is 124 Å². The summed E-state index contributed by atoms with van der Waals surface area (Å²) in [6.07, 6.45) is 1.19. The molecule has 3 rings (SSSR count). The van der Waals surface area contributed by atoms with E-state index in [9.17, 15) is 0 Å². The van der Waals surface area contributed by atoms with Gasteiger partial charge in [-0.05, 0) is 36.2 Å². The Kier molecular flexibility index (Phi) is 3.95. The van der Waals surface area contributed by atoms with Crippen molar-refractivity contribution >= 4 is 11.6 Å². The summed E-state index contributed by atoms with van der Waals surface area (Å²) < 4.78 is 5.93. The molecule has 0 fully saturated rings. The molecule has 0 saturated heterocycles. The number of rotatable bonds is 4. The molecule has 2 aromatic carbocycles. The van der Waals surface area contributed by atoms with Gasteiger partial charge in [0.25, 0.3) is 0 Å². The fourth-order valence-corrected chi connectivity index (χ4v) is 2.77. The highest BCUT2D eigenvalue weighted by Crippen LogP contribution is 2.28. The minimum atomic E-state index is 0.217. The van der Waals surface area contributed by atoms with Crippen LogP contribution in [0.15, 0.2) is 48.5 Å². The summed E-state index contributed by atoms with van der Waals surface area (Å²) in [5, 5.41) is 4.30. The molecule has 1 N–H and O–H groups in total. The second-order valence-corrected chi connectivity index (χ2v) is 5.67. The van der Waals surface area contributed by atoms with Gasteiger partial charge in [-0.1, -0.05) is 41.9 Å². The average molecular weight is 288 g/mol. The van der Waals surface area contributed by atoms with Crippen LogP contribution in [0.5, 0.6) is 5.75 Å². The van der Waals surface area contributed by atoms with E-state index in [1.165, 1.54) is 11.1 Å². The molecular weight excluding hydrogens is 270 g/mol. The van der Waals surface area contributed by atoms with E-state index in [0.29, 0.717) is 0 Å². The van der Waals surface area contributed by atoms with Crippen molar-refractivity contribution in [2.45, 2.75) is 25.5 Å². The van der Waals surface area contributed by atoms with E-state index in [1.807, 2.05) is 30.3 Å². The van der Waals surface area contributed by atoms with E-state index in [2.05, 4.69) is 30.4 Å². The largest absolute Gasteiger partial charge is 0.488 e. The normalized spacial score (nSPS) is 18.4. The SMILES string of the molecule is CC(NCC1Cc2ccccc2O1)c1cccc(Cl)c1. The third-order valence-corrected chi connectivity index (χ3v) is 3.95. The Morgan fingerprint density at radius 1 is 1.25 bits per heavy atom. The van der Waals surface area contributed by atoms with Crippen molar-refractivity contribution in [2.24, 2.45) is 0 Å². The molecule has 104 valence electrons. The summed E-state index contributed by atoms with van der Waals surface area (Å²) >= 11 is 6.02. The van der Waals surface area contributed by atoms with Gasteiger partial charge in [-0.15, -0.1) is 0 Å². The van der Waals surface area contributed by atoms with Crippen molar-refractivity contribution in [1.29, 1.82) is 0 Å². The molecule has 0 aromatic heterocycles. The summed E-state index contributed by atoms with van der Waals surface area (Å²) in [6.45, 7) is 2.98. The highest BCUT2D eigenvalue weighted by molar-refractivity contribution is 6.30. The van der Waals surface area contributed by atoms with Crippen LogP contribution in [0.1, 0.15) is 24.1 Å². The molecular formula is C17H18ClNO. The number of hydrogen-bond acceptors (Lipinski definition) is 2. The van der Waals surface area contributed by atoms with E-state index in [1.54, 1.807) is 0 Å². The third kappa shape index (κ3) is 2.97. The summed E-state index contributed by atoms with van der Waals surface area (Å²) in [5.74, 6) is 1.02. The number of fused-ring (bicyclic) bond motifs is 1. The molecule has 2 aromatic rings. The van der Waals surface area contributed by atoms with Gasteiger partial charge in [-0.25, -0.2) is 0 Å². The highest BCUT2D eigenvalue weighted by Gasteiger charge is 2.22. The highest BCUT2D eigenvalue weighted by atomic mass is 35.5. The van der Waals surface area contributed by atoms with Gasteiger partial charge in [0, 0.05) is 24.0 Å². The zero-order chi connectivity index (χ0) is 13.9. The average Bonchev–Trinajstić information content (AvgIpc) is 2.87. The number of benzene rings is 2. The number of ether oxygens (including phenoxy) is 1. The minimum absolute atomic E-state index is 0.217. The molecule has 2 unspecified atom stereocenters. The predicted molar refractivity (Wildman–Crippen MR) is 82.4 cm³/mol. The molecule has 0 saturated carbocycles. The van der Waals surface area contributed by atoms with Crippen LogP contribution in [-0.2, 0) is 6.42 Å². The molecule has 0 bridgehead atoms. The van der Waals surface area contributed by atoms with Gasteiger partial charge in [-0.2, -0.15) is 0 Å². The fourth-order valence-electron chi connectivity index (χ4n) is 2.57. The summed E-state index contributed by atoms with van der Waals surface area (Å²) in [6, 6.07) is 16.5. The van der Waals surface area contributed by atoms with Crippen LogP contribution in [0.2, 0.25) is 5.02 Å². The lowest BCUT2D eigenvalue weighted by Crippen LogP contribution is -2.31. The van der Waals surface area contributed by atoms with Crippen molar-refractivity contribution in [2.75, 3.05) is 6.54 Å². The van der Waals surface area contributed by atoms with Crippen molar-refractivity contribution in [3.05, 3.63) is 64.7 Å². The Morgan fingerprint density at radius 3 is 2.90 bits per heavy atom. The first-order valence-electron chi connectivity index (χ1n) is 6.96. The molecule has 3 heteroatoms. The lowest BCUT2D eigenvalue weighted by atomic mass is 10.1. The van der Waals surface area contributed by atoms with Crippen LogP contribution in [0, 0.1) is 0 Å². The Hall–Kier alpha value is -1.51. The smallest absolute Gasteiger partial charge is 0.123 e.